The van der Waals surface area contributed by atoms with Crippen molar-refractivity contribution in [1.29, 1.82) is 0 Å². The van der Waals surface area contributed by atoms with E-state index in [0.717, 1.165) is 29.7 Å². The lowest BCUT2D eigenvalue weighted by Crippen LogP contribution is -2.21. The van der Waals surface area contributed by atoms with Crippen LogP contribution < -0.4 is 17.0 Å². The van der Waals surface area contributed by atoms with Gasteiger partial charge in [0.2, 0.25) is 5.56 Å². The Labute approximate surface area is 184 Å². The number of aromatic nitrogens is 1. The highest BCUT2D eigenvalue weighted by Crippen LogP contribution is 2.35. The van der Waals surface area contributed by atoms with Gasteiger partial charge in [0.1, 0.15) is 11.7 Å². The van der Waals surface area contributed by atoms with Crippen molar-refractivity contribution in [1.82, 2.24) is 4.98 Å². The first kappa shape index (κ1) is 27.9. The molecule has 1 unspecified atom stereocenters. The van der Waals surface area contributed by atoms with Gasteiger partial charge in [0.15, 0.2) is 0 Å². The first-order valence-electron chi connectivity index (χ1n) is 10.5. The molecule has 1 atom stereocenters. The standard InChI is InChI=1S/C21H27F2N3O.C2H6.C2H2/c1-4-6-16(23)20(13(3)22)17(24)11-14-7-5-8-15(21(14)25)18-9-12(2)10-19(27)26-18;2*1-2/h6,9-11,15H,4-5,7-8,24-25H2,1-3H3,(H,26,27);1-2H3;1-2H/b16-6+,17-11-,20-13-;;. The van der Waals surface area contributed by atoms with Crippen LogP contribution in [0.1, 0.15) is 70.6 Å². The summed E-state index contributed by atoms with van der Waals surface area (Å²) in [7, 11) is 0. The predicted molar refractivity (Wildman–Crippen MR) is 126 cm³/mol. The minimum absolute atomic E-state index is 0.00790. The third-order valence-corrected chi connectivity index (χ3v) is 4.66. The van der Waals surface area contributed by atoms with Gasteiger partial charge in [-0.3, -0.25) is 4.79 Å². The van der Waals surface area contributed by atoms with Crippen molar-refractivity contribution < 1.29 is 8.78 Å². The van der Waals surface area contributed by atoms with E-state index in [9.17, 15) is 13.6 Å². The van der Waals surface area contributed by atoms with Crippen molar-refractivity contribution in [2.24, 2.45) is 11.5 Å². The monoisotopic (exact) mass is 431 g/mol. The molecule has 1 aromatic rings. The summed E-state index contributed by atoms with van der Waals surface area (Å²) in [4.78, 5) is 14.6. The second-order valence-corrected chi connectivity index (χ2v) is 6.87. The zero-order valence-corrected chi connectivity index (χ0v) is 19.2. The second kappa shape index (κ2) is 14.0. The SMILES string of the molecule is C#C.CC.CC\C=C(F)/C(C(/N)=C/C1=C(N)C(c2cc(C)cc(=O)[nH]2)CCC1)=C(\C)F. The van der Waals surface area contributed by atoms with Gasteiger partial charge in [0.25, 0.3) is 0 Å². The lowest BCUT2D eigenvalue weighted by molar-refractivity contribution is 0.587. The number of halogens is 2. The number of nitrogens with two attached hydrogens (primary N) is 2. The van der Waals surface area contributed by atoms with Crippen molar-refractivity contribution in [3.63, 3.8) is 0 Å². The Morgan fingerprint density at radius 1 is 1.29 bits per heavy atom. The van der Waals surface area contributed by atoms with E-state index >= 15 is 0 Å². The molecule has 0 aromatic carbocycles. The molecule has 0 radical (unpaired) electrons. The maximum Gasteiger partial charge on any atom is 0.248 e. The number of terminal acetylenes is 1. The number of aryl methyl sites for hydroxylation is 1. The zero-order valence-electron chi connectivity index (χ0n) is 19.2. The number of allylic oxidation sites excluding steroid dienone is 6. The maximum absolute atomic E-state index is 14.2. The van der Waals surface area contributed by atoms with Crippen molar-refractivity contribution in [2.75, 3.05) is 0 Å². The summed E-state index contributed by atoms with van der Waals surface area (Å²) in [5.74, 6) is -1.51. The minimum atomic E-state index is -0.680. The van der Waals surface area contributed by atoms with Crippen LogP contribution in [0.3, 0.4) is 0 Å². The Morgan fingerprint density at radius 2 is 1.90 bits per heavy atom. The molecular formula is C25H35F2N3O. The van der Waals surface area contributed by atoms with Gasteiger partial charge in [0, 0.05) is 29.1 Å². The van der Waals surface area contributed by atoms with Crippen LogP contribution in [0.2, 0.25) is 0 Å². The molecule has 1 aliphatic carbocycles. The first-order valence-corrected chi connectivity index (χ1v) is 10.5. The second-order valence-electron chi connectivity index (χ2n) is 6.87. The Bertz CT molecular complexity index is 930. The van der Waals surface area contributed by atoms with Gasteiger partial charge in [0.05, 0.1) is 5.57 Å². The number of hydrogen-bond acceptors (Lipinski definition) is 3. The van der Waals surface area contributed by atoms with Gasteiger partial charge in [-0.15, -0.1) is 12.8 Å². The molecule has 5 N–H and O–H groups in total. The number of pyridine rings is 1. The third-order valence-electron chi connectivity index (χ3n) is 4.66. The van der Waals surface area contributed by atoms with E-state index in [1.807, 2.05) is 26.8 Å². The lowest BCUT2D eigenvalue weighted by Gasteiger charge is -2.25. The minimum Gasteiger partial charge on any atom is -0.401 e. The van der Waals surface area contributed by atoms with E-state index in [4.69, 9.17) is 11.5 Å². The smallest absolute Gasteiger partial charge is 0.248 e. The molecule has 0 saturated carbocycles. The molecule has 0 fully saturated rings. The molecule has 1 aromatic heterocycles. The van der Waals surface area contributed by atoms with Gasteiger partial charge in [-0.25, -0.2) is 8.78 Å². The van der Waals surface area contributed by atoms with E-state index < -0.39 is 11.7 Å². The number of nitrogens with one attached hydrogen (secondary N) is 1. The zero-order chi connectivity index (χ0) is 24.1. The third kappa shape index (κ3) is 7.93. The van der Waals surface area contributed by atoms with Crippen molar-refractivity contribution in [2.45, 2.75) is 66.2 Å². The number of rotatable bonds is 5. The van der Waals surface area contributed by atoms with Crippen LogP contribution in [0.5, 0.6) is 0 Å². The average molecular weight is 432 g/mol. The fourth-order valence-electron chi connectivity index (χ4n) is 3.44. The average Bonchev–Trinajstić information content (AvgIpc) is 2.72. The fourth-order valence-corrected chi connectivity index (χ4v) is 3.44. The van der Waals surface area contributed by atoms with Gasteiger partial charge in [-0.2, -0.15) is 0 Å². The van der Waals surface area contributed by atoms with Crippen LogP contribution in [0.25, 0.3) is 0 Å². The van der Waals surface area contributed by atoms with Gasteiger partial charge in [-0.05, 0) is 68.9 Å². The molecule has 1 aliphatic rings. The van der Waals surface area contributed by atoms with Crippen LogP contribution in [-0.2, 0) is 0 Å². The molecule has 0 aliphatic heterocycles. The van der Waals surface area contributed by atoms with E-state index in [2.05, 4.69) is 17.8 Å². The highest BCUT2D eigenvalue weighted by Gasteiger charge is 2.23. The Balaban J connectivity index is 0.00000212. The van der Waals surface area contributed by atoms with E-state index in [0.29, 0.717) is 18.5 Å². The fraction of sp³-hybridized carbons (Fsp3) is 0.400. The highest BCUT2D eigenvalue weighted by atomic mass is 19.1. The van der Waals surface area contributed by atoms with Crippen LogP contribution in [0.4, 0.5) is 8.78 Å². The highest BCUT2D eigenvalue weighted by molar-refractivity contribution is 5.48. The quantitative estimate of drug-likeness (QED) is 0.407. The van der Waals surface area contributed by atoms with Gasteiger partial charge < -0.3 is 16.5 Å². The van der Waals surface area contributed by atoms with Crippen LogP contribution >= 0.6 is 0 Å². The van der Waals surface area contributed by atoms with Crippen molar-refractivity contribution >= 4 is 0 Å². The van der Waals surface area contributed by atoms with Crippen molar-refractivity contribution in [3.8, 4) is 12.8 Å². The van der Waals surface area contributed by atoms with Crippen LogP contribution in [0, 0.1) is 19.8 Å². The first-order chi connectivity index (χ1) is 14.7. The molecule has 2 rings (SSSR count). The predicted octanol–water partition coefficient (Wildman–Crippen LogP) is 5.79. The summed E-state index contributed by atoms with van der Waals surface area (Å²) in [6, 6.07) is 3.42. The molecule has 6 heteroatoms. The van der Waals surface area contributed by atoms with E-state index in [1.165, 1.54) is 19.1 Å². The van der Waals surface area contributed by atoms with E-state index in [-0.39, 0.29) is 22.7 Å². The Kier molecular flexibility index (Phi) is 12.6. The lowest BCUT2D eigenvalue weighted by atomic mass is 9.84. The normalized spacial score (nSPS) is 17.6. The summed E-state index contributed by atoms with van der Waals surface area (Å²) in [6.45, 7) is 8.79. The molecule has 31 heavy (non-hydrogen) atoms. The Morgan fingerprint density at radius 3 is 2.42 bits per heavy atom. The molecule has 1 heterocycles. The van der Waals surface area contributed by atoms with Gasteiger partial charge >= 0.3 is 0 Å². The van der Waals surface area contributed by atoms with Crippen LogP contribution in [-0.4, -0.2) is 4.98 Å². The summed E-state index contributed by atoms with van der Waals surface area (Å²) >= 11 is 0. The van der Waals surface area contributed by atoms with Crippen molar-refractivity contribution in [3.05, 3.63) is 80.1 Å². The Hall–Kier alpha value is -3.07. The molecule has 4 nitrogen and oxygen atoms in total. The molecule has 0 bridgehead atoms. The number of H-pyrrole nitrogens is 1. The molecule has 0 amide bonds. The van der Waals surface area contributed by atoms with Gasteiger partial charge in [-0.1, -0.05) is 20.8 Å². The summed E-state index contributed by atoms with van der Waals surface area (Å²) in [5.41, 5.74) is 14.9. The summed E-state index contributed by atoms with van der Waals surface area (Å²) < 4.78 is 28.1. The largest absolute Gasteiger partial charge is 0.401 e. The topological polar surface area (TPSA) is 84.9 Å². The molecule has 170 valence electrons. The molecular weight excluding hydrogens is 396 g/mol. The molecule has 0 spiro atoms. The number of aromatic amines is 1. The number of hydrogen-bond donors (Lipinski definition) is 3. The summed E-state index contributed by atoms with van der Waals surface area (Å²) in [6.07, 6.45) is 13.6. The maximum atomic E-state index is 14.2. The summed E-state index contributed by atoms with van der Waals surface area (Å²) in [5, 5.41) is 0. The van der Waals surface area contributed by atoms with Crippen LogP contribution in [0.15, 0.2) is 63.3 Å². The van der Waals surface area contributed by atoms with E-state index in [1.54, 1.807) is 13.0 Å². The molecule has 0 saturated heterocycles.